The molecule has 1 saturated heterocycles. The summed E-state index contributed by atoms with van der Waals surface area (Å²) in [7, 11) is 1.52. The third-order valence-corrected chi connectivity index (χ3v) is 3.84. The van der Waals surface area contributed by atoms with Crippen LogP contribution in [0.4, 0.5) is 5.82 Å². The maximum absolute atomic E-state index is 12.1. The highest BCUT2D eigenvalue weighted by atomic mass is 35.5. The maximum atomic E-state index is 12.1. The molecule has 1 aromatic heterocycles. The maximum Gasteiger partial charge on any atom is 0.339 e. The van der Waals surface area contributed by atoms with Crippen molar-refractivity contribution in [3.8, 4) is 0 Å². The van der Waals surface area contributed by atoms with E-state index in [1.807, 2.05) is 0 Å². The number of nitrogens with zero attached hydrogens (tertiary/aromatic N) is 3. The Labute approximate surface area is 153 Å². The van der Waals surface area contributed by atoms with E-state index in [1.165, 1.54) is 13.3 Å². The first kappa shape index (κ1) is 21.1. The smallest absolute Gasteiger partial charge is 0.339 e. The van der Waals surface area contributed by atoms with Gasteiger partial charge in [-0.2, -0.15) is 0 Å². The summed E-state index contributed by atoms with van der Waals surface area (Å²) in [4.78, 5) is 31.9. The SMILES string of the molecule is CCOC(=O)c1ccc(N2CCN(C(=O)C(N)COC)CC2)nc1.Cl. The van der Waals surface area contributed by atoms with Gasteiger partial charge in [-0.3, -0.25) is 4.79 Å². The number of piperazine rings is 1. The van der Waals surface area contributed by atoms with E-state index in [0.717, 1.165) is 5.82 Å². The van der Waals surface area contributed by atoms with Gasteiger partial charge < -0.3 is 25.0 Å². The molecule has 1 aliphatic rings. The van der Waals surface area contributed by atoms with E-state index < -0.39 is 6.04 Å². The Hall–Kier alpha value is -1.90. The molecule has 0 aromatic carbocycles. The molecule has 1 aliphatic heterocycles. The second kappa shape index (κ2) is 10.2. The van der Waals surface area contributed by atoms with Crippen molar-refractivity contribution in [2.45, 2.75) is 13.0 Å². The first-order valence-corrected chi connectivity index (χ1v) is 7.98. The van der Waals surface area contributed by atoms with Crippen molar-refractivity contribution in [2.75, 3.05) is 51.4 Å². The van der Waals surface area contributed by atoms with E-state index in [-0.39, 0.29) is 30.9 Å². The summed E-state index contributed by atoms with van der Waals surface area (Å²) in [6, 6.07) is 2.87. The molecule has 140 valence electrons. The molecule has 8 nitrogen and oxygen atoms in total. The molecule has 1 amide bonds. The topological polar surface area (TPSA) is 98.0 Å². The van der Waals surface area contributed by atoms with E-state index in [2.05, 4.69) is 9.88 Å². The minimum absolute atomic E-state index is 0. The summed E-state index contributed by atoms with van der Waals surface area (Å²) >= 11 is 0. The molecule has 1 fully saturated rings. The van der Waals surface area contributed by atoms with Gasteiger partial charge in [0.15, 0.2) is 0 Å². The summed E-state index contributed by atoms with van der Waals surface area (Å²) < 4.78 is 9.86. The molecule has 0 spiro atoms. The van der Waals surface area contributed by atoms with Crippen molar-refractivity contribution < 1.29 is 19.1 Å². The number of methoxy groups -OCH3 is 1. The highest BCUT2D eigenvalue weighted by molar-refractivity contribution is 5.89. The molecule has 1 unspecified atom stereocenters. The van der Waals surface area contributed by atoms with E-state index in [4.69, 9.17) is 15.2 Å². The molecule has 2 N–H and O–H groups in total. The van der Waals surface area contributed by atoms with Gasteiger partial charge >= 0.3 is 5.97 Å². The van der Waals surface area contributed by atoms with E-state index in [1.54, 1.807) is 24.0 Å². The molecule has 2 rings (SSSR count). The lowest BCUT2D eigenvalue weighted by atomic mass is 10.2. The van der Waals surface area contributed by atoms with Crippen LogP contribution < -0.4 is 10.6 Å². The normalized spacial score (nSPS) is 15.3. The number of carbonyl (C=O) groups is 2. The van der Waals surface area contributed by atoms with Crippen molar-refractivity contribution in [3.05, 3.63) is 23.9 Å². The van der Waals surface area contributed by atoms with E-state index in [0.29, 0.717) is 38.3 Å². The van der Waals surface area contributed by atoms with Gasteiger partial charge in [-0.1, -0.05) is 0 Å². The van der Waals surface area contributed by atoms with Crippen molar-refractivity contribution in [2.24, 2.45) is 5.73 Å². The number of hydrogen-bond acceptors (Lipinski definition) is 7. The standard InChI is InChI=1S/C16H24N4O4.ClH/c1-3-24-16(22)12-4-5-14(18-10-12)19-6-8-20(9-7-19)15(21)13(17)11-23-2;/h4-5,10,13H,3,6-9,11,17H2,1-2H3;1H. The zero-order valence-electron chi connectivity index (χ0n) is 14.5. The number of nitrogens with two attached hydrogens (primary N) is 1. The lowest BCUT2D eigenvalue weighted by molar-refractivity contribution is -0.134. The third kappa shape index (κ3) is 5.55. The minimum atomic E-state index is -0.622. The minimum Gasteiger partial charge on any atom is -0.462 e. The Morgan fingerprint density at radius 2 is 1.96 bits per heavy atom. The first-order chi connectivity index (χ1) is 11.6. The Morgan fingerprint density at radius 3 is 2.48 bits per heavy atom. The van der Waals surface area contributed by atoms with Crippen molar-refractivity contribution in [3.63, 3.8) is 0 Å². The van der Waals surface area contributed by atoms with Gasteiger partial charge in [0.25, 0.3) is 0 Å². The largest absolute Gasteiger partial charge is 0.462 e. The number of rotatable bonds is 6. The third-order valence-electron chi connectivity index (χ3n) is 3.84. The number of esters is 1. The van der Waals surface area contributed by atoms with Crippen molar-refractivity contribution in [1.82, 2.24) is 9.88 Å². The molecule has 0 bridgehead atoms. The lowest BCUT2D eigenvalue weighted by Gasteiger charge is -2.36. The van der Waals surface area contributed by atoms with E-state index in [9.17, 15) is 9.59 Å². The van der Waals surface area contributed by atoms with Crippen LogP contribution in [0.15, 0.2) is 18.3 Å². The summed E-state index contributed by atoms with van der Waals surface area (Å²) in [5.74, 6) is 0.303. The number of halogens is 1. The molecular formula is C16H25ClN4O4. The second-order valence-electron chi connectivity index (χ2n) is 5.50. The molecule has 0 aliphatic carbocycles. The van der Waals surface area contributed by atoms with Gasteiger partial charge in [0.2, 0.25) is 5.91 Å². The van der Waals surface area contributed by atoms with Crippen LogP contribution in [0.5, 0.6) is 0 Å². The van der Waals surface area contributed by atoms with Crippen LogP contribution in [-0.4, -0.2) is 74.3 Å². The predicted octanol–water partition coefficient (Wildman–Crippen LogP) is 0.302. The van der Waals surface area contributed by atoms with Crippen molar-refractivity contribution >= 4 is 30.1 Å². The van der Waals surface area contributed by atoms with Crippen molar-refractivity contribution in [1.29, 1.82) is 0 Å². The Bertz CT molecular complexity index is 562. The molecule has 1 aromatic rings. The van der Waals surface area contributed by atoms with E-state index >= 15 is 0 Å². The number of hydrogen-bond donors (Lipinski definition) is 1. The summed E-state index contributed by atoms with van der Waals surface area (Å²) in [6.45, 7) is 4.81. The number of anilines is 1. The Kier molecular flexibility index (Phi) is 8.60. The fourth-order valence-corrected chi connectivity index (χ4v) is 2.55. The summed E-state index contributed by atoms with van der Waals surface area (Å²) in [5, 5.41) is 0. The molecule has 25 heavy (non-hydrogen) atoms. The van der Waals surface area contributed by atoms with Gasteiger partial charge in [0.1, 0.15) is 11.9 Å². The quantitative estimate of drug-likeness (QED) is 0.717. The average molecular weight is 373 g/mol. The van der Waals surface area contributed by atoms with Crippen LogP contribution in [0.1, 0.15) is 17.3 Å². The van der Waals surface area contributed by atoms with Crippen LogP contribution in [0, 0.1) is 0 Å². The van der Waals surface area contributed by atoms with Crippen LogP contribution in [0.3, 0.4) is 0 Å². The molecule has 9 heteroatoms. The van der Waals surface area contributed by atoms with Gasteiger partial charge in [-0.05, 0) is 19.1 Å². The predicted molar refractivity (Wildman–Crippen MR) is 96.1 cm³/mol. The molecular weight excluding hydrogens is 348 g/mol. The molecule has 1 atom stereocenters. The lowest BCUT2D eigenvalue weighted by Crippen LogP contribution is -2.54. The highest BCUT2D eigenvalue weighted by Crippen LogP contribution is 2.15. The van der Waals surface area contributed by atoms with Gasteiger partial charge in [-0.15, -0.1) is 12.4 Å². The number of pyridine rings is 1. The zero-order valence-corrected chi connectivity index (χ0v) is 15.3. The summed E-state index contributed by atoms with van der Waals surface area (Å²) in [5.41, 5.74) is 6.22. The Morgan fingerprint density at radius 1 is 1.28 bits per heavy atom. The monoisotopic (exact) mass is 372 g/mol. The average Bonchev–Trinajstić information content (AvgIpc) is 2.62. The van der Waals surface area contributed by atoms with Crippen LogP contribution in [0.25, 0.3) is 0 Å². The Balaban J connectivity index is 0.00000312. The number of aromatic nitrogens is 1. The first-order valence-electron chi connectivity index (χ1n) is 7.98. The fraction of sp³-hybridized carbons (Fsp3) is 0.562. The fourth-order valence-electron chi connectivity index (χ4n) is 2.55. The summed E-state index contributed by atoms with van der Waals surface area (Å²) in [6.07, 6.45) is 1.51. The second-order valence-corrected chi connectivity index (χ2v) is 5.50. The number of carbonyl (C=O) groups excluding carboxylic acids is 2. The van der Waals surface area contributed by atoms with Crippen LogP contribution in [0.2, 0.25) is 0 Å². The molecule has 0 saturated carbocycles. The number of amides is 1. The van der Waals surface area contributed by atoms with Crippen LogP contribution >= 0.6 is 12.4 Å². The zero-order chi connectivity index (χ0) is 17.5. The molecule has 2 heterocycles. The highest BCUT2D eigenvalue weighted by Gasteiger charge is 2.25. The van der Waals surface area contributed by atoms with Gasteiger partial charge in [0, 0.05) is 39.5 Å². The molecule has 0 radical (unpaired) electrons. The van der Waals surface area contributed by atoms with Gasteiger partial charge in [0.05, 0.1) is 18.8 Å². The van der Waals surface area contributed by atoms with Crippen LogP contribution in [-0.2, 0) is 14.3 Å². The van der Waals surface area contributed by atoms with Gasteiger partial charge in [-0.25, -0.2) is 9.78 Å². The number of ether oxygens (including phenoxy) is 2.